The Bertz CT molecular complexity index is 663. The highest BCUT2D eigenvalue weighted by Gasteiger charge is 2.08. The Balaban J connectivity index is 2.37. The van der Waals surface area contributed by atoms with E-state index in [0.29, 0.717) is 18.5 Å². The molecule has 1 aromatic rings. The van der Waals surface area contributed by atoms with Crippen LogP contribution in [0.25, 0.3) is 0 Å². The van der Waals surface area contributed by atoms with E-state index in [1.165, 1.54) is 18.2 Å². The molecule has 0 aliphatic carbocycles. The van der Waals surface area contributed by atoms with Crippen LogP contribution in [0.2, 0.25) is 0 Å². The third-order valence-electron chi connectivity index (χ3n) is 3.14. The third kappa shape index (κ3) is 6.39. The van der Waals surface area contributed by atoms with Gasteiger partial charge in [0.05, 0.1) is 6.54 Å². The van der Waals surface area contributed by atoms with Gasteiger partial charge in [0, 0.05) is 12.1 Å². The van der Waals surface area contributed by atoms with Gasteiger partial charge in [0.1, 0.15) is 0 Å². The lowest BCUT2D eigenvalue weighted by Crippen LogP contribution is -2.38. The van der Waals surface area contributed by atoms with Crippen molar-refractivity contribution in [2.24, 2.45) is 0 Å². The van der Waals surface area contributed by atoms with Crippen LogP contribution >= 0.6 is 0 Å². The first kappa shape index (κ1) is 19.0. The summed E-state index contributed by atoms with van der Waals surface area (Å²) < 4.78 is 0. The van der Waals surface area contributed by atoms with Crippen LogP contribution in [0.15, 0.2) is 54.7 Å². The summed E-state index contributed by atoms with van der Waals surface area (Å²) in [6, 6.07) is 4.48. The highest BCUT2D eigenvalue weighted by Crippen LogP contribution is 2.24. The second-order valence-electron chi connectivity index (χ2n) is 4.96. The van der Waals surface area contributed by atoms with Crippen LogP contribution in [0, 0.1) is 0 Å². The van der Waals surface area contributed by atoms with E-state index >= 15 is 0 Å². The van der Waals surface area contributed by atoms with E-state index in [1.807, 2.05) is 6.92 Å². The molecule has 128 valence electrons. The van der Waals surface area contributed by atoms with Gasteiger partial charge in [0.2, 0.25) is 5.91 Å². The van der Waals surface area contributed by atoms with E-state index in [1.54, 1.807) is 24.3 Å². The number of carbonyl (C=O) groups is 2. The average molecular weight is 330 g/mol. The summed E-state index contributed by atoms with van der Waals surface area (Å²) in [6.45, 7) is 5.60. The smallest absolute Gasteiger partial charge is 0.251 e. The van der Waals surface area contributed by atoms with Crippen molar-refractivity contribution in [2.75, 3.05) is 13.1 Å². The monoisotopic (exact) mass is 330 g/mol. The van der Waals surface area contributed by atoms with Gasteiger partial charge in [-0.05, 0) is 37.1 Å². The Morgan fingerprint density at radius 2 is 1.96 bits per heavy atom. The first-order valence-corrected chi connectivity index (χ1v) is 7.49. The van der Waals surface area contributed by atoms with Crippen LogP contribution in [0.4, 0.5) is 0 Å². The number of benzene rings is 1. The SMILES string of the molecule is C=C/C(=C\C=C/C)C(=O)NCC(=O)NCCc1ccc(O)c(O)c1. The number of amides is 2. The first-order chi connectivity index (χ1) is 11.5. The Hall–Kier alpha value is -3.02. The lowest BCUT2D eigenvalue weighted by atomic mass is 10.1. The molecule has 0 radical (unpaired) electrons. The summed E-state index contributed by atoms with van der Waals surface area (Å²) in [6.07, 6.45) is 7.02. The lowest BCUT2D eigenvalue weighted by Gasteiger charge is -2.08. The van der Waals surface area contributed by atoms with Crippen molar-refractivity contribution in [3.63, 3.8) is 0 Å². The van der Waals surface area contributed by atoms with Gasteiger partial charge in [-0.2, -0.15) is 0 Å². The summed E-state index contributed by atoms with van der Waals surface area (Å²) in [7, 11) is 0. The number of hydrogen-bond acceptors (Lipinski definition) is 4. The van der Waals surface area contributed by atoms with Crippen molar-refractivity contribution < 1.29 is 19.8 Å². The maximum atomic E-state index is 11.8. The number of rotatable bonds is 8. The predicted octanol–water partition coefficient (Wildman–Crippen LogP) is 1.56. The van der Waals surface area contributed by atoms with Crippen molar-refractivity contribution >= 4 is 11.8 Å². The zero-order chi connectivity index (χ0) is 17.9. The summed E-state index contributed by atoms with van der Waals surface area (Å²) in [5.74, 6) is -1.08. The van der Waals surface area contributed by atoms with Gasteiger partial charge in [-0.25, -0.2) is 0 Å². The molecule has 6 nitrogen and oxygen atoms in total. The molecule has 0 unspecified atom stereocenters. The Labute approximate surface area is 141 Å². The molecule has 0 fully saturated rings. The van der Waals surface area contributed by atoms with Gasteiger partial charge >= 0.3 is 0 Å². The van der Waals surface area contributed by atoms with Gasteiger partial charge < -0.3 is 20.8 Å². The number of carbonyl (C=O) groups excluding carboxylic acids is 2. The van der Waals surface area contributed by atoms with Gasteiger partial charge in [0.25, 0.3) is 5.91 Å². The Morgan fingerprint density at radius 3 is 2.58 bits per heavy atom. The molecule has 0 spiro atoms. The van der Waals surface area contributed by atoms with Crippen LogP contribution in [0.5, 0.6) is 11.5 Å². The molecule has 0 heterocycles. The molecule has 6 heteroatoms. The minimum absolute atomic E-state index is 0.138. The second-order valence-corrected chi connectivity index (χ2v) is 4.96. The van der Waals surface area contributed by atoms with Crippen molar-refractivity contribution in [3.05, 3.63) is 60.2 Å². The maximum absolute atomic E-state index is 11.8. The first-order valence-electron chi connectivity index (χ1n) is 7.49. The second kappa shape index (κ2) is 9.89. The van der Waals surface area contributed by atoms with Gasteiger partial charge in [-0.15, -0.1) is 0 Å². The molecular weight excluding hydrogens is 308 g/mol. The third-order valence-corrected chi connectivity index (χ3v) is 3.14. The topological polar surface area (TPSA) is 98.7 Å². The average Bonchev–Trinajstić information content (AvgIpc) is 2.57. The molecule has 4 N–H and O–H groups in total. The molecule has 0 atom stereocenters. The minimum Gasteiger partial charge on any atom is -0.504 e. The van der Waals surface area contributed by atoms with Gasteiger partial charge in [-0.3, -0.25) is 9.59 Å². The standard InChI is InChI=1S/C18H22N2O4/c1-3-5-6-14(4-2)18(24)20-12-17(23)19-10-9-13-7-8-15(21)16(22)11-13/h3-8,11,21-22H,2,9-10,12H2,1H3,(H,19,23)(H,20,24)/b5-3-,14-6+. The maximum Gasteiger partial charge on any atom is 0.251 e. The fraction of sp³-hybridized carbons (Fsp3) is 0.222. The molecule has 0 aliphatic heterocycles. The van der Waals surface area contributed by atoms with E-state index in [0.717, 1.165) is 5.56 Å². The summed E-state index contributed by atoms with van der Waals surface area (Å²) >= 11 is 0. The Morgan fingerprint density at radius 1 is 1.21 bits per heavy atom. The van der Waals surface area contributed by atoms with Crippen molar-refractivity contribution in [2.45, 2.75) is 13.3 Å². The quantitative estimate of drug-likeness (QED) is 0.330. The van der Waals surface area contributed by atoms with Gasteiger partial charge in [-0.1, -0.05) is 30.9 Å². The van der Waals surface area contributed by atoms with E-state index < -0.39 is 0 Å². The summed E-state index contributed by atoms with van der Waals surface area (Å²) in [5, 5.41) is 23.8. The molecule has 0 aliphatic rings. The van der Waals surface area contributed by atoms with E-state index in [2.05, 4.69) is 17.2 Å². The molecule has 0 aromatic heterocycles. The molecular formula is C18H22N2O4. The van der Waals surface area contributed by atoms with Crippen molar-refractivity contribution in [1.82, 2.24) is 10.6 Å². The zero-order valence-corrected chi connectivity index (χ0v) is 13.6. The lowest BCUT2D eigenvalue weighted by molar-refractivity contribution is -0.124. The number of phenolic OH excluding ortho intramolecular Hbond substituents is 2. The molecule has 0 saturated heterocycles. The van der Waals surface area contributed by atoms with Crippen molar-refractivity contribution in [1.29, 1.82) is 0 Å². The fourth-order valence-electron chi connectivity index (χ4n) is 1.83. The zero-order valence-electron chi connectivity index (χ0n) is 13.6. The number of aromatic hydroxyl groups is 2. The van der Waals surface area contributed by atoms with Gasteiger partial charge in [0.15, 0.2) is 11.5 Å². The highest BCUT2D eigenvalue weighted by molar-refractivity contribution is 5.98. The normalized spacial score (nSPS) is 11.3. The summed E-state index contributed by atoms with van der Waals surface area (Å²) in [5.41, 5.74) is 1.15. The molecule has 1 rings (SSSR count). The van der Waals surface area contributed by atoms with E-state index in [9.17, 15) is 19.8 Å². The molecule has 0 saturated carbocycles. The molecule has 1 aromatic carbocycles. The largest absolute Gasteiger partial charge is 0.504 e. The van der Waals surface area contributed by atoms with Crippen LogP contribution in [-0.4, -0.2) is 35.1 Å². The minimum atomic E-state index is -0.373. The Kier molecular flexibility index (Phi) is 7.84. The molecule has 2 amide bonds. The van der Waals surface area contributed by atoms with Crippen LogP contribution in [0.1, 0.15) is 12.5 Å². The van der Waals surface area contributed by atoms with E-state index in [4.69, 9.17) is 0 Å². The highest BCUT2D eigenvalue weighted by atomic mass is 16.3. The van der Waals surface area contributed by atoms with Crippen LogP contribution in [-0.2, 0) is 16.0 Å². The van der Waals surface area contributed by atoms with Crippen molar-refractivity contribution in [3.8, 4) is 11.5 Å². The molecule has 24 heavy (non-hydrogen) atoms. The van der Waals surface area contributed by atoms with Crippen LogP contribution in [0.3, 0.4) is 0 Å². The number of phenols is 2. The predicted molar refractivity (Wildman–Crippen MR) is 92.6 cm³/mol. The molecule has 0 bridgehead atoms. The fourth-order valence-corrected chi connectivity index (χ4v) is 1.83. The number of hydrogen-bond donors (Lipinski definition) is 4. The van der Waals surface area contributed by atoms with Crippen LogP contribution < -0.4 is 10.6 Å². The number of nitrogens with one attached hydrogen (secondary N) is 2. The number of allylic oxidation sites excluding steroid dienone is 3. The van der Waals surface area contributed by atoms with E-state index in [-0.39, 0.29) is 29.9 Å². The summed E-state index contributed by atoms with van der Waals surface area (Å²) in [4.78, 5) is 23.5.